The third-order valence-corrected chi connectivity index (χ3v) is 7.06. The Bertz CT molecular complexity index is 864. The molecule has 1 heterocycles. The van der Waals surface area contributed by atoms with Crippen LogP contribution in [-0.4, -0.2) is 19.6 Å². The first-order valence-corrected chi connectivity index (χ1v) is 10.5. The number of rotatable bonds is 5. The molecule has 2 unspecified atom stereocenters. The van der Waals surface area contributed by atoms with Crippen molar-refractivity contribution in [2.24, 2.45) is 11.3 Å². The fourth-order valence-electron chi connectivity index (χ4n) is 3.43. The minimum Gasteiger partial charge on any atom is -0.361 e. The molecule has 1 aliphatic carbocycles. The SMILES string of the molecule is CC(C)(C)c1cc(CC2CC(NS(=O)(=O)c3ccccc3)C2(C)C)no1. The Balaban J connectivity index is 1.66. The van der Waals surface area contributed by atoms with Gasteiger partial charge in [0.25, 0.3) is 0 Å². The Kier molecular flexibility index (Phi) is 4.78. The summed E-state index contributed by atoms with van der Waals surface area (Å²) in [6.45, 7) is 10.5. The number of aromatic nitrogens is 1. The second-order valence-corrected chi connectivity index (χ2v) is 10.6. The molecule has 0 radical (unpaired) electrons. The first-order valence-electron chi connectivity index (χ1n) is 9.03. The van der Waals surface area contributed by atoms with Gasteiger partial charge in [0.05, 0.1) is 10.6 Å². The van der Waals surface area contributed by atoms with Gasteiger partial charge in [0, 0.05) is 17.5 Å². The van der Waals surface area contributed by atoms with Crippen molar-refractivity contribution in [2.45, 2.75) is 63.8 Å². The minimum absolute atomic E-state index is 0.0613. The van der Waals surface area contributed by atoms with Crippen LogP contribution in [0.1, 0.15) is 52.5 Å². The summed E-state index contributed by atoms with van der Waals surface area (Å²) in [5.41, 5.74) is 0.745. The molecule has 2 aromatic rings. The summed E-state index contributed by atoms with van der Waals surface area (Å²) < 4.78 is 33.5. The molecule has 1 aromatic carbocycles. The van der Waals surface area contributed by atoms with Crippen LogP contribution in [0.4, 0.5) is 0 Å². The summed E-state index contributed by atoms with van der Waals surface area (Å²) in [6, 6.07) is 10.5. The van der Waals surface area contributed by atoms with E-state index in [0.29, 0.717) is 10.8 Å². The van der Waals surface area contributed by atoms with Gasteiger partial charge in [-0.1, -0.05) is 58.0 Å². The molecule has 0 amide bonds. The molecule has 0 spiro atoms. The summed E-state index contributed by atoms with van der Waals surface area (Å²) in [5, 5.41) is 4.20. The van der Waals surface area contributed by atoms with E-state index >= 15 is 0 Å². The van der Waals surface area contributed by atoms with Crippen LogP contribution in [0.25, 0.3) is 0 Å². The predicted molar refractivity (Wildman–Crippen MR) is 101 cm³/mol. The number of nitrogens with zero attached hydrogens (tertiary/aromatic N) is 1. The van der Waals surface area contributed by atoms with Gasteiger partial charge in [-0.15, -0.1) is 0 Å². The van der Waals surface area contributed by atoms with E-state index in [0.717, 1.165) is 24.3 Å². The third kappa shape index (κ3) is 3.71. The van der Waals surface area contributed by atoms with Crippen LogP contribution in [0.15, 0.2) is 45.8 Å². The van der Waals surface area contributed by atoms with Crippen molar-refractivity contribution < 1.29 is 12.9 Å². The van der Waals surface area contributed by atoms with Gasteiger partial charge < -0.3 is 4.52 Å². The average Bonchev–Trinajstić information content (AvgIpc) is 3.04. The zero-order valence-electron chi connectivity index (χ0n) is 16.1. The van der Waals surface area contributed by atoms with Crippen LogP contribution in [0.5, 0.6) is 0 Å². The molecule has 6 heteroatoms. The van der Waals surface area contributed by atoms with Gasteiger partial charge in [-0.25, -0.2) is 13.1 Å². The molecule has 0 aliphatic heterocycles. The monoisotopic (exact) mass is 376 g/mol. The second kappa shape index (κ2) is 6.50. The maximum Gasteiger partial charge on any atom is 0.240 e. The van der Waals surface area contributed by atoms with Crippen molar-refractivity contribution in [1.29, 1.82) is 0 Å². The summed E-state index contributed by atoms with van der Waals surface area (Å²) >= 11 is 0. The quantitative estimate of drug-likeness (QED) is 0.859. The molecule has 26 heavy (non-hydrogen) atoms. The first-order chi connectivity index (χ1) is 12.0. The van der Waals surface area contributed by atoms with Crippen molar-refractivity contribution in [1.82, 2.24) is 9.88 Å². The van der Waals surface area contributed by atoms with Crippen LogP contribution in [0, 0.1) is 11.3 Å². The summed E-state index contributed by atoms with van der Waals surface area (Å²) in [7, 11) is -3.49. The van der Waals surface area contributed by atoms with Gasteiger partial charge in [-0.3, -0.25) is 0 Å². The van der Waals surface area contributed by atoms with Crippen molar-refractivity contribution in [2.75, 3.05) is 0 Å². The van der Waals surface area contributed by atoms with Gasteiger partial charge >= 0.3 is 0 Å². The van der Waals surface area contributed by atoms with Crippen LogP contribution in [-0.2, 0) is 21.9 Å². The summed E-state index contributed by atoms with van der Waals surface area (Å²) in [5.74, 6) is 1.25. The lowest BCUT2D eigenvalue weighted by Gasteiger charge is -2.52. The molecule has 0 saturated heterocycles. The zero-order valence-corrected chi connectivity index (χ0v) is 16.9. The fraction of sp³-hybridized carbons (Fsp3) is 0.550. The number of hydrogen-bond donors (Lipinski definition) is 1. The summed E-state index contributed by atoms with van der Waals surface area (Å²) in [4.78, 5) is 0.311. The molecule has 2 atom stereocenters. The number of hydrogen-bond acceptors (Lipinski definition) is 4. The molecular formula is C20H28N2O3S. The predicted octanol–water partition coefficient (Wildman–Crippen LogP) is 3.91. The Labute approximate surface area is 156 Å². The van der Waals surface area contributed by atoms with Gasteiger partial charge in [0.2, 0.25) is 10.0 Å². The fourth-order valence-corrected chi connectivity index (χ4v) is 4.86. The van der Waals surface area contributed by atoms with Crippen molar-refractivity contribution in [3.63, 3.8) is 0 Å². The highest BCUT2D eigenvalue weighted by Gasteiger charge is 2.49. The van der Waals surface area contributed by atoms with E-state index in [1.807, 2.05) is 12.1 Å². The number of sulfonamides is 1. The molecule has 0 bridgehead atoms. The Morgan fingerprint density at radius 1 is 1.23 bits per heavy atom. The molecular weight excluding hydrogens is 348 g/mol. The van der Waals surface area contributed by atoms with Crippen LogP contribution >= 0.6 is 0 Å². The van der Waals surface area contributed by atoms with Gasteiger partial charge in [0.1, 0.15) is 5.76 Å². The van der Waals surface area contributed by atoms with E-state index in [-0.39, 0.29) is 16.9 Å². The van der Waals surface area contributed by atoms with Gasteiger partial charge in [0.15, 0.2) is 0 Å². The highest BCUT2D eigenvalue weighted by molar-refractivity contribution is 7.89. The van der Waals surface area contributed by atoms with E-state index < -0.39 is 10.0 Å². The average molecular weight is 377 g/mol. The van der Waals surface area contributed by atoms with Crippen molar-refractivity contribution >= 4 is 10.0 Å². The smallest absolute Gasteiger partial charge is 0.240 e. The third-order valence-electron chi connectivity index (χ3n) is 5.58. The lowest BCUT2D eigenvalue weighted by molar-refractivity contribution is 0.0270. The lowest BCUT2D eigenvalue weighted by atomic mass is 9.57. The van der Waals surface area contributed by atoms with Gasteiger partial charge in [-0.2, -0.15) is 0 Å². The molecule has 3 rings (SSSR count). The molecule has 1 saturated carbocycles. The first kappa shape index (κ1) is 19.1. The van der Waals surface area contributed by atoms with Crippen molar-refractivity contribution in [3.8, 4) is 0 Å². The standard InChI is InChI=1S/C20H28N2O3S/c1-19(2,3)18-13-15(21-25-18)11-14-12-17(20(14,4)5)22-26(23,24)16-9-7-6-8-10-16/h6-10,13-14,17,22H,11-12H2,1-5H3. The second-order valence-electron chi connectivity index (χ2n) is 8.88. The summed E-state index contributed by atoms with van der Waals surface area (Å²) in [6.07, 6.45) is 1.60. The van der Waals surface area contributed by atoms with Crippen molar-refractivity contribution in [3.05, 3.63) is 47.9 Å². The number of nitrogens with one attached hydrogen (secondary N) is 1. The maximum absolute atomic E-state index is 12.6. The topological polar surface area (TPSA) is 72.2 Å². The zero-order chi connectivity index (χ0) is 19.2. The highest BCUT2D eigenvalue weighted by atomic mass is 32.2. The molecule has 142 valence electrons. The van der Waals surface area contributed by atoms with E-state index in [4.69, 9.17) is 4.52 Å². The molecule has 5 nitrogen and oxygen atoms in total. The number of benzene rings is 1. The van der Waals surface area contributed by atoms with E-state index in [1.165, 1.54) is 0 Å². The molecule has 1 fully saturated rings. The molecule has 1 N–H and O–H groups in total. The van der Waals surface area contributed by atoms with Crippen LogP contribution in [0.3, 0.4) is 0 Å². The van der Waals surface area contributed by atoms with E-state index in [9.17, 15) is 8.42 Å². The minimum atomic E-state index is -3.49. The molecule has 1 aliphatic rings. The van der Waals surface area contributed by atoms with E-state index in [2.05, 4.69) is 44.5 Å². The Hall–Kier alpha value is -1.66. The normalized spacial score (nSPS) is 22.8. The van der Waals surface area contributed by atoms with Gasteiger partial charge in [-0.05, 0) is 36.3 Å². The van der Waals surface area contributed by atoms with Crippen LogP contribution < -0.4 is 4.72 Å². The largest absolute Gasteiger partial charge is 0.361 e. The lowest BCUT2D eigenvalue weighted by Crippen LogP contribution is -2.58. The molecule has 1 aromatic heterocycles. The Morgan fingerprint density at radius 3 is 2.42 bits per heavy atom. The Morgan fingerprint density at radius 2 is 1.88 bits per heavy atom. The van der Waals surface area contributed by atoms with Crippen LogP contribution in [0.2, 0.25) is 0 Å². The maximum atomic E-state index is 12.6. The van der Waals surface area contributed by atoms with E-state index in [1.54, 1.807) is 24.3 Å². The highest BCUT2D eigenvalue weighted by Crippen LogP contribution is 2.48.